The van der Waals surface area contributed by atoms with E-state index in [4.69, 9.17) is 14.2 Å². The second-order valence-corrected chi connectivity index (χ2v) is 6.84. The molecule has 0 aliphatic rings. The van der Waals surface area contributed by atoms with Gasteiger partial charge in [-0.15, -0.1) is 0 Å². The molecule has 0 radical (unpaired) electrons. The molecule has 0 saturated heterocycles. The van der Waals surface area contributed by atoms with Crippen molar-refractivity contribution in [2.75, 3.05) is 20.8 Å². The minimum atomic E-state index is -1.01. The zero-order chi connectivity index (χ0) is 23.3. The summed E-state index contributed by atoms with van der Waals surface area (Å²) in [5.41, 5.74) is -1.11. The smallest absolute Gasteiger partial charge is 0.349 e. The van der Waals surface area contributed by atoms with E-state index in [1.165, 1.54) is 14.2 Å². The number of rotatable bonds is 8. The first-order chi connectivity index (χ1) is 15.4. The van der Waals surface area contributed by atoms with Gasteiger partial charge in [0.2, 0.25) is 5.88 Å². The Morgan fingerprint density at radius 1 is 0.969 bits per heavy atom. The van der Waals surface area contributed by atoms with Gasteiger partial charge in [0.25, 0.3) is 5.56 Å². The molecule has 3 aromatic rings. The van der Waals surface area contributed by atoms with Crippen LogP contribution in [0.3, 0.4) is 0 Å². The first kappa shape index (κ1) is 22.7. The fourth-order valence-electron chi connectivity index (χ4n) is 3.27. The molecule has 0 atom stereocenters. The second kappa shape index (κ2) is 9.86. The van der Waals surface area contributed by atoms with Gasteiger partial charge in [-0.1, -0.05) is 30.3 Å². The molecule has 3 rings (SSSR count). The lowest BCUT2D eigenvalue weighted by Crippen LogP contribution is -2.43. The van der Waals surface area contributed by atoms with Crippen LogP contribution in [-0.4, -0.2) is 41.0 Å². The summed E-state index contributed by atoms with van der Waals surface area (Å²) in [5.74, 6) is -0.805. The molecule has 1 N–H and O–H groups in total. The zero-order valence-corrected chi connectivity index (χ0v) is 18.0. The van der Waals surface area contributed by atoms with Crippen molar-refractivity contribution in [1.82, 2.24) is 9.13 Å². The molecule has 0 aliphatic carbocycles. The Morgan fingerprint density at radius 2 is 1.69 bits per heavy atom. The Morgan fingerprint density at radius 3 is 2.31 bits per heavy atom. The molecule has 9 nitrogen and oxygen atoms in total. The SMILES string of the molecule is CCOC(=O)c1c(O)n(Cc2ccccc2)c(=O)n(Cc2ccc(OC)cc2OC)c1=O. The number of ether oxygens (including phenoxy) is 3. The molecule has 0 fully saturated rings. The number of benzene rings is 2. The number of carbonyl (C=O) groups excluding carboxylic acids is 1. The number of hydrogen-bond acceptors (Lipinski definition) is 7. The quantitative estimate of drug-likeness (QED) is 0.534. The van der Waals surface area contributed by atoms with Gasteiger partial charge < -0.3 is 19.3 Å². The van der Waals surface area contributed by atoms with Crippen molar-refractivity contribution in [3.63, 3.8) is 0 Å². The van der Waals surface area contributed by atoms with Gasteiger partial charge in [-0.05, 0) is 24.6 Å². The van der Waals surface area contributed by atoms with Crippen LogP contribution in [-0.2, 0) is 17.8 Å². The van der Waals surface area contributed by atoms with E-state index in [9.17, 15) is 19.5 Å². The number of nitrogens with zero attached hydrogens (tertiary/aromatic N) is 2. The lowest BCUT2D eigenvalue weighted by Gasteiger charge is -2.16. The Bertz CT molecular complexity index is 1230. The molecule has 168 valence electrons. The summed E-state index contributed by atoms with van der Waals surface area (Å²) >= 11 is 0. The molecule has 2 aromatic carbocycles. The van der Waals surface area contributed by atoms with Crippen molar-refractivity contribution in [3.05, 3.63) is 86.1 Å². The first-order valence-electron chi connectivity index (χ1n) is 9.89. The number of aromatic nitrogens is 2. The normalized spacial score (nSPS) is 10.6. The van der Waals surface area contributed by atoms with Gasteiger partial charge in [0.15, 0.2) is 5.56 Å². The molecular formula is C23H24N2O7. The molecule has 0 unspecified atom stereocenters. The summed E-state index contributed by atoms with van der Waals surface area (Å²) in [6.07, 6.45) is 0. The van der Waals surface area contributed by atoms with Crippen LogP contribution in [0, 0.1) is 0 Å². The third-order valence-corrected chi connectivity index (χ3v) is 4.89. The van der Waals surface area contributed by atoms with E-state index in [0.29, 0.717) is 22.6 Å². The van der Waals surface area contributed by atoms with Crippen molar-refractivity contribution in [2.45, 2.75) is 20.0 Å². The summed E-state index contributed by atoms with van der Waals surface area (Å²) in [6.45, 7) is 1.35. The zero-order valence-electron chi connectivity index (χ0n) is 18.0. The molecule has 0 saturated carbocycles. The van der Waals surface area contributed by atoms with Gasteiger partial charge in [-0.2, -0.15) is 0 Å². The van der Waals surface area contributed by atoms with Gasteiger partial charge in [-0.3, -0.25) is 13.9 Å². The Kier molecular flexibility index (Phi) is 6.99. The molecular weight excluding hydrogens is 416 g/mol. The first-order valence-corrected chi connectivity index (χ1v) is 9.89. The molecule has 0 spiro atoms. The van der Waals surface area contributed by atoms with Crippen molar-refractivity contribution in [3.8, 4) is 17.4 Å². The third-order valence-electron chi connectivity index (χ3n) is 4.89. The minimum absolute atomic E-state index is 0.00181. The molecule has 0 aliphatic heterocycles. The lowest BCUT2D eigenvalue weighted by molar-refractivity contribution is 0.0517. The van der Waals surface area contributed by atoms with Crippen molar-refractivity contribution in [2.24, 2.45) is 0 Å². The molecule has 1 heterocycles. The Hall–Kier alpha value is -4.01. The highest BCUT2D eigenvalue weighted by atomic mass is 16.5. The van der Waals surface area contributed by atoms with E-state index in [1.54, 1.807) is 49.4 Å². The highest BCUT2D eigenvalue weighted by Crippen LogP contribution is 2.25. The van der Waals surface area contributed by atoms with Crippen molar-refractivity contribution in [1.29, 1.82) is 0 Å². The second-order valence-electron chi connectivity index (χ2n) is 6.84. The maximum absolute atomic E-state index is 13.2. The van der Waals surface area contributed by atoms with Crippen LogP contribution in [0.25, 0.3) is 0 Å². The average Bonchev–Trinajstić information content (AvgIpc) is 2.80. The van der Waals surface area contributed by atoms with E-state index >= 15 is 0 Å². The maximum Gasteiger partial charge on any atom is 0.349 e. The van der Waals surface area contributed by atoms with Gasteiger partial charge in [0, 0.05) is 11.6 Å². The van der Waals surface area contributed by atoms with E-state index in [0.717, 1.165) is 9.13 Å². The monoisotopic (exact) mass is 440 g/mol. The van der Waals surface area contributed by atoms with E-state index in [1.807, 2.05) is 6.07 Å². The van der Waals surface area contributed by atoms with E-state index < -0.39 is 28.7 Å². The largest absolute Gasteiger partial charge is 0.497 e. The molecule has 0 bridgehead atoms. The van der Waals surface area contributed by atoms with Crippen LogP contribution in [0.2, 0.25) is 0 Å². The Labute approximate surface area is 184 Å². The van der Waals surface area contributed by atoms with E-state index in [2.05, 4.69) is 0 Å². The number of methoxy groups -OCH3 is 2. The van der Waals surface area contributed by atoms with Crippen LogP contribution in [0.4, 0.5) is 0 Å². The fraction of sp³-hybridized carbons (Fsp3) is 0.261. The van der Waals surface area contributed by atoms with Crippen LogP contribution < -0.4 is 20.7 Å². The minimum Gasteiger partial charge on any atom is -0.497 e. The van der Waals surface area contributed by atoms with Crippen molar-refractivity contribution >= 4 is 5.97 Å². The van der Waals surface area contributed by atoms with Crippen LogP contribution in [0.1, 0.15) is 28.4 Å². The highest BCUT2D eigenvalue weighted by molar-refractivity contribution is 5.91. The van der Waals surface area contributed by atoms with Crippen molar-refractivity contribution < 1.29 is 24.1 Å². The molecule has 0 amide bonds. The van der Waals surface area contributed by atoms with Gasteiger partial charge >= 0.3 is 11.7 Å². The predicted molar refractivity (Wildman–Crippen MR) is 117 cm³/mol. The summed E-state index contributed by atoms with van der Waals surface area (Å²) in [5, 5.41) is 10.7. The molecule has 32 heavy (non-hydrogen) atoms. The summed E-state index contributed by atoms with van der Waals surface area (Å²) in [6, 6.07) is 13.8. The van der Waals surface area contributed by atoms with Crippen LogP contribution in [0.5, 0.6) is 17.4 Å². The number of carbonyl (C=O) groups is 1. The summed E-state index contributed by atoms with van der Waals surface area (Å²) in [7, 11) is 2.96. The number of hydrogen-bond donors (Lipinski definition) is 1. The third kappa shape index (κ3) is 4.51. The van der Waals surface area contributed by atoms with Gasteiger partial charge in [0.05, 0.1) is 33.9 Å². The van der Waals surface area contributed by atoms with Gasteiger partial charge in [-0.25, -0.2) is 9.59 Å². The number of aromatic hydroxyl groups is 1. The average molecular weight is 440 g/mol. The predicted octanol–water partition coefficient (Wildman–Crippen LogP) is 2.01. The molecule has 1 aromatic heterocycles. The maximum atomic E-state index is 13.2. The van der Waals surface area contributed by atoms with Crippen LogP contribution >= 0.6 is 0 Å². The fourth-order valence-corrected chi connectivity index (χ4v) is 3.27. The summed E-state index contributed by atoms with van der Waals surface area (Å²) < 4.78 is 17.3. The van der Waals surface area contributed by atoms with E-state index in [-0.39, 0.29) is 19.7 Å². The van der Waals surface area contributed by atoms with Crippen LogP contribution in [0.15, 0.2) is 58.1 Å². The number of esters is 1. The molecule has 9 heteroatoms. The summed E-state index contributed by atoms with van der Waals surface area (Å²) in [4.78, 5) is 38.8. The Balaban J connectivity index is 2.20. The standard InChI is InChI=1S/C23H24N2O7/c1-4-32-22(28)19-20(26)24(13-15-8-6-5-7-9-15)23(29)25(21(19)27)14-16-10-11-17(30-2)12-18(16)31-3/h5-12,26H,4,13-14H2,1-3H3. The topological polar surface area (TPSA) is 109 Å². The van der Waals surface area contributed by atoms with Gasteiger partial charge in [0.1, 0.15) is 11.5 Å². The lowest BCUT2D eigenvalue weighted by atomic mass is 10.1. The highest BCUT2D eigenvalue weighted by Gasteiger charge is 2.26.